The maximum Gasteiger partial charge on any atom is 0.420 e. The number of fused-ring (bicyclic) bond motifs is 2. The number of hydrogen-bond donors (Lipinski definition) is 1. The molecule has 2 saturated heterocycles. The van der Waals surface area contributed by atoms with Gasteiger partial charge < -0.3 is 19.7 Å². The van der Waals surface area contributed by atoms with Gasteiger partial charge in [0, 0.05) is 32.1 Å². The molecule has 1 amide bonds. The molecule has 0 bridgehead atoms. The van der Waals surface area contributed by atoms with Gasteiger partial charge in [0.2, 0.25) is 0 Å². The van der Waals surface area contributed by atoms with Crippen molar-refractivity contribution in [2.75, 3.05) is 47.5 Å². The Morgan fingerprint density at radius 3 is 2.46 bits per heavy atom. The van der Waals surface area contributed by atoms with Crippen LogP contribution >= 0.6 is 0 Å². The summed E-state index contributed by atoms with van der Waals surface area (Å²) in [4.78, 5) is 26.0. The van der Waals surface area contributed by atoms with Crippen LogP contribution in [0.3, 0.4) is 0 Å². The number of nitrogens with zero attached hydrogens (tertiary/aromatic N) is 4. The van der Waals surface area contributed by atoms with E-state index in [0.29, 0.717) is 47.6 Å². The van der Waals surface area contributed by atoms with Crippen LogP contribution in [-0.4, -0.2) is 67.8 Å². The maximum atomic E-state index is 13.6. The van der Waals surface area contributed by atoms with E-state index in [9.17, 15) is 13.2 Å². The molecule has 10 nitrogen and oxygen atoms in total. The lowest BCUT2D eigenvalue weighted by Gasteiger charge is -2.32. The number of carbonyl (C=O) groups excluding carboxylic acids is 1. The molecule has 1 aromatic carbocycles. The highest BCUT2D eigenvalue weighted by molar-refractivity contribution is 7.91. The molecule has 0 unspecified atom stereocenters. The van der Waals surface area contributed by atoms with Gasteiger partial charge in [0.15, 0.2) is 15.7 Å². The van der Waals surface area contributed by atoms with Gasteiger partial charge in [0.1, 0.15) is 30.1 Å². The van der Waals surface area contributed by atoms with Crippen LogP contribution in [-0.2, 0) is 21.2 Å². The van der Waals surface area contributed by atoms with Gasteiger partial charge in [-0.1, -0.05) is 6.07 Å². The standard InChI is InChI=1S/C24H31N5O5S/c1-15-9-16(17-11-25-12-17)10-19-20(15)33-13-18-21(28-5-7-35(31,32)8-6-28)26-14-27-22(18)29(19)23(30)34-24(2,3)4/h9-10,14,17,25H,5-8,11-13H2,1-4H3. The molecular formula is C24H31N5O5S. The van der Waals surface area contributed by atoms with E-state index in [1.54, 1.807) is 0 Å². The van der Waals surface area contributed by atoms with Crippen molar-refractivity contribution in [1.82, 2.24) is 15.3 Å². The summed E-state index contributed by atoms with van der Waals surface area (Å²) in [7, 11) is -3.06. The number of sulfone groups is 1. The molecule has 188 valence electrons. The van der Waals surface area contributed by atoms with E-state index < -0.39 is 21.5 Å². The molecule has 5 rings (SSSR count). The summed E-state index contributed by atoms with van der Waals surface area (Å²) in [6.45, 7) is 9.99. The van der Waals surface area contributed by atoms with Gasteiger partial charge in [-0.2, -0.15) is 0 Å². The van der Waals surface area contributed by atoms with E-state index in [2.05, 4.69) is 21.4 Å². The van der Waals surface area contributed by atoms with Crippen molar-refractivity contribution in [3.63, 3.8) is 0 Å². The molecule has 1 N–H and O–H groups in total. The summed E-state index contributed by atoms with van der Waals surface area (Å²) in [5.74, 6) is 2.03. The van der Waals surface area contributed by atoms with Crippen LogP contribution in [0.2, 0.25) is 0 Å². The minimum absolute atomic E-state index is 0.0561. The summed E-state index contributed by atoms with van der Waals surface area (Å²) >= 11 is 0. The van der Waals surface area contributed by atoms with Crippen molar-refractivity contribution in [1.29, 1.82) is 0 Å². The fourth-order valence-electron chi connectivity index (χ4n) is 4.56. The Morgan fingerprint density at radius 2 is 1.83 bits per heavy atom. The number of nitrogens with one attached hydrogen (secondary N) is 1. The molecule has 1 aromatic heterocycles. The first-order chi connectivity index (χ1) is 16.5. The predicted molar refractivity (Wildman–Crippen MR) is 132 cm³/mol. The van der Waals surface area contributed by atoms with Crippen LogP contribution in [0.15, 0.2) is 18.5 Å². The lowest BCUT2D eigenvalue weighted by molar-refractivity contribution is 0.0598. The number of amides is 1. The fourth-order valence-corrected chi connectivity index (χ4v) is 5.76. The Balaban J connectivity index is 1.63. The van der Waals surface area contributed by atoms with Crippen molar-refractivity contribution in [2.24, 2.45) is 0 Å². The summed E-state index contributed by atoms with van der Waals surface area (Å²) in [6.07, 6.45) is 0.853. The molecule has 0 atom stereocenters. The third-order valence-corrected chi connectivity index (χ3v) is 8.07. The first kappa shape index (κ1) is 23.8. The highest BCUT2D eigenvalue weighted by Gasteiger charge is 2.36. The second-order valence-electron chi connectivity index (χ2n) is 10.3. The summed E-state index contributed by atoms with van der Waals surface area (Å²) in [6, 6.07) is 4.10. The Morgan fingerprint density at radius 1 is 1.14 bits per heavy atom. The van der Waals surface area contributed by atoms with Crippen molar-refractivity contribution < 1.29 is 22.7 Å². The Kier molecular flexibility index (Phi) is 5.87. The Hall–Kier alpha value is -2.92. The molecule has 0 saturated carbocycles. The van der Waals surface area contributed by atoms with Crippen LogP contribution in [0.1, 0.15) is 43.4 Å². The fraction of sp³-hybridized carbons (Fsp3) is 0.542. The van der Waals surface area contributed by atoms with Gasteiger partial charge in [-0.15, -0.1) is 0 Å². The van der Waals surface area contributed by atoms with Gasteiger partial charge in [-0.05, 0) is 44.9 Å². The number of carbonyl (C=O) groups is 1. The minimum Gasteiger partial charge on any atom is -0.486 e. The molecular weight excluding hydrogens is 470 g/mol. The van der Waals surface area contributed by atoms with Crippen LogP contribution in [0.4, 0.5) is 22.1 Å². The van der Waals surface area contributed by atoms with E-state index in [4.69, 9.17) is 9.47 Å². The van der Waals surface area contributed by atoms with Crippen LogP contribution in [0.5, 0.6) is 5.75 Å². The SMILES string of the molecule is Cc1cc(C2CNC2)cc2c1OCc1c(N3CCS(=O)(=O)CC3)ncnc1N2C(=O)OC(C)(C)C. The zero-order valence-corrected chi connectivity index (χ0v) is 21.3. The molecule has 0 aliphatic carbocycles. The summed E-state index contributed by atoms with van der Waals surface area (Å²) < 4.78 is 36.1. The Bertz CT molecular complexity index is 1260. The maximum absolute atomic E-state index is 13.6. The number of rotatable bonds is 2. The highest BCUT2D eigenvalue weighted by atomic mass is 32.2. The molecule has 2 aromatic rings. The van der Waals surface area contributed by atoms with Crippen molar-refractivity contribution in [3.8, 4) is 5.75 Å². The highest BCUT2D eigenvalue weighted by Crippen LogP contribution is 2.45. The predicted octanol–water partition coefficient (Wildman–Crippen LogP) is 2.67. The van der Waals surface area contributed by atoms with Gasteiger partial charge in [0.25, 0.3) is 0 Å². The first-order valence-corrected chi connectivity index (χ1v) is 13.6. The quantitative estimate of drug-likeness (QED) is 0.663. The molecule has 0 spiro atoms. The third-order valence-electron chi connectivity index (χ3n) is 6.46. The number of aromatic nitrogens is 2. The molecule has 3 aliphatic rings. The number of anilines is 3. The second-order valence-corrected chi connectivity index (χ2v) is 12.6. The molecule has 11 heteroatoms. The normalized spacial score (nSPS) is 19.7. The minimum atomic E-state index is -3.06. The molecule has 35 heavy (non-hydrogen) atoms. The number of ether oxygens (including phenoxy) is 2. The lowest BCUT2D eigenvalue weighted by Crippen LogP contribution is -2.41. The largest absolute Gasteiger partial charge is 0.486 e. The number of hydrogen-bond acceptors (Lipinski definition) is 9. The van der Waals surface area contributed by atoms with Crippen LogP contribution in [0.25, 0.3) is 0 Å². The van der Waals surface area contributed by atoms with Crippen molar-refractivity contribution >= 4 is 33.3 Å². The second kappa shape index (κ2) is 8.63. The van der Waals surface area contributed by atoms with Gasteiger partial charge in [-0.25, -0.2) is 28.1 Å². The molecule has 0 radical (unpaired) electrons. The molecule has 3 aliphatic heterocycles. The average Bonchev–Trinajstić information content (AvgIpc) is 2.88. The summed E-state index contributed by atoms with van der Waals surface area (Å²) in [5, 5.41) is 3.30. The lowest BCUT2D eigenvalue weighted by atomic mass is 9.91. The number of benzene rings is 1. The first-order valence-electron chi connectivity index (χ1n) is 11.8. The van der Waals surface area contributed by atoms with Crippen molar-refractivity contribution in [3.05, 3.63) is 35.2 Å². The van der Waals surface area contributed by atoms with Gasteiger partial charge in [0.05, 0.1) is 22.8 Å². The topological polar surface area (TPSA) is 114 Å². The van der Waals surface area contributed by atoms with E-state index in [0.717, 1.165) is 24.2 Å². The molecule has 2 fully saturated rings. The zero-order valence-electron chi connectivity index (χ0n) is 20.5. The monoisotopic (exact) mass is 501 g/mol. The summed E-state index contributed by atoms with van der Waals surface area (Å²) in [5.41, 5.74) is 2.54. The van der Waals surface area contributed by atoms with E-state index in [-0.39, 0.29) is 18.1 Å². The number of aryl methyl sites for hydroxylation is 1. The van der Waals surface area contributed by atoms with E-state index in [1.165, 1.54) is 11.2 Å². The smallest absolute Gasteiger partial charge is 0.420 e. The van der Waals surface area contributed by atoms with E-state index in [1.807, 2.05) is 38.7 Å². The van der Waals surface area contributed by atoms with Gasteiger partial charge >= 0.3 is 6.09 Å². The third kappa shape index (κ3) is 4.66. The van der Waals surface area contributed by atoms with Crippen LogP contribution < -0.4 is 19.9 Å². The average molecular weight is 502 g/mol. The zero-order chi connectivity index (χ0) is 25.0. The van der Waals surface area contributed by atoms with Crippen LogP contribution in [0, 0.1) is 6.92 Å². The van der Waals surface area contributed by atoms with E-state index >= 15 is 0 Å². The molecule has 4 heterocycles. The van der Waals surface area contributed by atoms with Gasteiger partial charge in [-0.3, -0.25) is 0 Å². The van der Waals surface area contributed by atoms with Crippen molar-refractivity contribution in [2.45, 2.75) is 45.8 Å². The Labute approximate surface area is 205 Å².